The number of carbonyl (C=O) groups excluding carboxylic acids is 1. The molecule has 2 fully saturated rings. The van der Waals surface area contributed by atoms with Crippen LogP contribution < -0.4 is 0 Å². The van der Waals surface area contributed by atoms with Crippen LogP contribution >= 0.6 is 11.3 Å². The molecule has 2 aromatic heterocycles. The van der Waals surface area contributed by atoms with Crippen molar-refractivity contribution in [1.29, 1.82) is 0 Å². The first-order chi connectivity index (χ1) is 12.6. The van der Waals surface area contributed by atoms with Crippen LogP contribution in [0.4, 0.5) is 0 Å². The number of amides is 1. The van der Waals surface area contributed by atoms with E-state index in [0.29, 0.717) is 26.3 Å². The molecule has 0 unspecified atom stereocenters. The molecule has 26 heavy (non-hydrogen) atoms. The average molecular weight is 368 g/mol. The first kappa shape index (κ1) is 16.2. The van der Waals surface area contributed by atoms with Gasteiger partial charge < -0.3 is 14.4 Å². The highest BCUT2D eigenvalue weighted by molar-refractivity contribution is 7.20. The van der Waals surface area contributed by atoms with Crippen molar-refractivity contribution >= 4 is 38.4 Å². The lowest BCUT2D eigenvalue weighted by Crippen LogP contribution is -2.47. The molecule has 5 nitrogen and oxygen atoms in total. The number of fused-ring (bicyclic) bond motifs is 2. The van der Waals surface area contributed by atoms with Crippen molar-refractivity contribution in [3.05, 3.63) is 40.8 Å². The van der Waals surface area contributed by atoms with Gasteiger partial charge in [-0.3, -0.25) is 4.79 Å². The van der Waals surface area contributed by atoms with E-state index in [0.717, 1.165) is 38.8 Å². The lowest BCUT2D eigenvalue weighted by Gasteiger charge is -2.37. The number of hydrogen-bond donors (Lipinski definition) is 0. The van der Waals surface area contributed by atoms with Crippen LogP contribution in [0.1, 0.15) is 28.1 Å². The molecule has 0 aliphatic carbocycles. The molecule has 2 aliphatic rings. The molecule has 0 atom stereocenters. The number of pyridine rings is 1. The van der Waals surface area contributed by atoms with E-state index in [1.165, 1.54) is 16.9 Å². The van der Waals surface area contributed by atoms with E-state index in [2.05, 4.69) is 25.1 Å². The maximum atomic E-state index is 12.9. The molecule has 3 aromatic rings. The molecule has 1 spiro atoms. The number of piperidine rings is 1. The van der Waals surface area contributed by atoms with Gasteiger partial charge in [0, 0.05) is 36.7 Å². The normalized spacial score (nSPS) is 19.7. The van der Waals surface area contributed by atoms with Crippen LogP contribution in [0.2, 0.25) is 0 Å². The fourth-order valence-corrected chi connectivity index (χ4v) is 4.84. The smallest absolute Gasteiger partial charge is 0.264 e. The highest BCUT2D eigenvalue weighted by Crippen LogP contribution is 2.33. The molecule has 4 heterocycles. The number of nitrogens with zero attached hydrogens (tertiary/aromatic N) is 2. The zero-order valence-corrected chi connectivity index (χ0v) is 15.5. The molecule has 0 saturated carbocycles. The van der Waals surface area contributed by atoms with E-state index >= 15 is 0 Å². The minimum absolute atomic E-state index is 0.0843. The molecule has 6 heteroatoms. The number of aromatic nitrogens is 1. The fraction of sp³-hybridized carbons (Fsp3) is 0.400. The van der Waals surface area contributed by atoms with E-state index in [-0.39, 0.29) is 5.91 Å². The van der Waals surface area contributed by atoms with Gasteiger partial charge in [-0.1, -0.05) is 11.6 Å². The van der Waals surface area contributed by atoms with Crippen LogP contribution in [0.3, 0.4) is 0 Å². The van der Waals surface area contributed by atoms with Gasteiger partial charge in [0.25, 0.3) is 5.91 Å². The molecule has 0 radical (unpaired) electrons. The number of aryl methyl sites for hydroxylation is 1. The molecule has 1 amide bonds. The maximum Gasteiger partial charge on any atom is 0.264 e. The highest BCUT2D eigenvalue weighted by Gasteiger charge is 2.41. The van der Waals surface area contributed by atoms with E-state index < -0.39 is 5.79 Å². The summed E-state index contributed by atoms with van der Waals surface area (Å²) in [4.78, 5) is 21.3. The Labute approximate surface area is 155 Å². The highest BCUT2D eigenvalue weighted by atomic mass is 32.1. The van der Waals surface area contributed by atoms with Gasteiger partial charge in [-0.25, -0.2) is 4.98 Å². The van der Waals surface area contributed by atoms with E-state index in [1.807, 2.05) is 17.0 Å². The van der Waals surface area contributed by atoms with Crippen LogP contribution in [0.15, 0.2) is 30.3 Å². The zero-order chi connectivity index (χ0) is 17.7. The van der Waals surface area contributed by atoms with Crippen molar-refractivity contribution in [2.75, 3.05) is 26.3 Å². The Balaban J connectivity index is 1.41. The number of rotatable bonds is 1. The SMILES string of the molecule is Cc1ccc2nc3sc(C(=O)N4CCC5(CC4)OCCO5)cc3cc2c1. The summed E-state index contributed by atoms with van der Waals surface area (Å²) in [5.74, 6) is -0.366. The minimum atomic E-state index is -0.450. The molecule has 1 aromatic carbocycles. The molecule has 2 aliphatic heterocycles. The lowest BCUT2D eigenvalue weighted by atomic mass is 10.0. The van der Waals surface area contributed by atoms with Gasteiger partial charge in [0.15, 0.2) is 5.79 Å². The third kappa shape index (κ3) is 2.69. The summed E-state index contributed by atoms with van der Waals surface area (Å²) < 4.78 is 11.5. The van der Waals surface area contributed by atoms with Crippen molar-refractivity contribution in [3.8, 4) is 0 Å². The van der Waals surface area contributed by atoms with Gasteiger partial charge in [0.1, 0.15) is 4.83 Å². The number of likely N-dealkylation sites (tertiary alicyclic amines) is 1. The van der Waals surface area contributed by atoms with Gasteiger partial charge in [0.05, 0.1) is 23.6 Å². The predicted molar refractivity (Wildman–Crippen MR) is 102 cm³/mol. The standard InChI is InChI=1S/C20H20N2O3S/c1-13-2-3-16-14(10-13)11-15-12-17(26-18(15)21-16)19(23)22-6-4-20(5-7-22)24-8-9-25-20/h2-3,10-12H,4-9H2,1H3. The molecule has 0 N–H and O–H groups in total. The fourth-order valence-electron chi connectivity index (χ4n) is 3.85. The second-order valence-corrected chi connectivity index (χ2v) is 8.12. The zero-order valence-electron chi connectivity index (χ0n) is 14.7. The Hall–Kier alpha value is -2.02. The molecule has 2 saturated heterocycles. The van der Waals surface area contributed by atoms with Crippen molar-refractivity contribution in [2.45, 2.75) is 25.6 Å². The molecular formula is C20H20N2O3S. The Morgan fingerprint density at radius 3 is 2.65 bits per heavy atom. The summed E-state index contributed by atoms with van der Waals surface area (Å²) in [7, 11) is 0. The Kier molecular flexibility index (Phi) is 3.74. The first-order valence-corrected chi connectivity index (χ1v) is 9.82. The summed E-state index contributed by atoms with van der Waals surface area (Å²) >= 11 is 1.48. The Morgan fingerprint density at radius 2 is 1.88 bits per heavy atom. The Morgan fingerprint density at radius 1 is 1.12 bits per heavy atom. The summed E-state index contributed by atoms with van der Waals surface area (Å²) in [6.45, 7) is 4.72. The van der Waals surface area contributed by atoms with Gasteiger partial charge >= 0.3 is 0 Å². The predicted octanol–water partition coefficient (Wildman–Crippen LogP) is 3.74. The van der Waals surface area contributed by atoms with Gasteiger partial charge in [0.2, 0.25) is 0 Å². The Bertz CT molecular complexity index is 997. The summed E-state index contributed by atoms with van der Waals surface area (Å²) in [6, 6.07) is 10.3. The van der Waals surface area contributed by atoms with Crippen molar-refractivity contribution < 1.29 is 14.3 Å². The van der Waals surface area contributed by atoms with Crippen molar-refractivity contribution in [1.82, 2.24) is 9.88 Å². The second kappa shape index (κ2) is 6.01. The van der Waals surface area contributed by atoms with E-state index in [1.54, 1.807) is 0 Å². The third-order valence-electron chi connectivity index (χ3n) is 5.29. The lowest BCUT2D eigenvalue weighted by molar-refractivity contribution is -0.181. The summed E-state index contributed by atoms with van der Waals surface area (Å²) in [6.07, 6.45) is 1.48. The van der Waals surface area contributed by atoms with Gasteiger partial charge in [-0.15, -0.1) is 11.3 Å². The maximum absolute atomic E-state index is 12.9. The second-order valence-electron chi connectivity index (χ2n) is 7.09. The monoisotopic (exact) mass is 368 g/mol. The minimum Gasteiger partial charge on any atom is -0.347 e. The summed E-state index contributed by atoms with van der Waals surface area (Å²) in [5.41, 5.74) is 2.18. The number of ether oxygens (including phenoxy) is 2. The van der Waals surface area contributed by atoms with E-state index in [4.69, 9.17) is 14.5 Å². The molecule has 0 bridgehead atoms. The summed E-state index contributed by atoms with van der Waals surface area (Å²) in [5, 5.41) is 2.15. The van der Waals surface area contributed by atoms with Crippen LogP contribution in [0.5, 0.6) is 0 Å². The first-order valence-electron chi connectivity index (χ1n) is 9.00. The largest absolute Gasteiger partial charge is 0.347 e. The third-order valence-corrected chi connectivity index (χ3v) is 6.33. The van der Waals surface area contributed by atoms with Crippen LogP contribution in [-0.2, 0) is 9.47 Å². The topological polar surface area (TPSA) is 51.7 Å². The van der Waals surface area contributed by atoms with Crippen molar-refractivity contribution in [2.24, 2.45) is 0 Å². The van der Waals surface area contributed by atoms with Crippen LogP contribution in [0.25, 0.3) is 21.1 Å². The van der Waals surface area contributed by atoms with Crippen molar-refractivity contribution in [3.63, 3.8) is 0 Å². The van der Waals surface area contributed by atoms with Crippen LogP contribution in [-0.4, -0.2) is 47.9 Å². The molecule has 5 rings (SSSR count). The van der Waals surface area contributed by atoms with Crippen LogP contribution in [0, 0.1) is 6.92 Å². The van der Waals surface area contributed by atoms with E-state index in [9.17, 15) is 4.79 Å². The number of benzene rings is 1. The molecule has 134 valence electrons. The quantitative estimate of drug-likeness (QED) is 0.657. The number of hydrogen-bond acceptors (Lipinski definition) is 5. The average Bonchev–Trinajstić information content (AvgIpc) is 3.26. The van der Waals surface area contributed by atoms with Gasteiger partial charge in [-0.05, 0) is 31.2 Å². The number of thiophene rings is 1. The number of carbonyl (C=O) groups is 1. The molecular weight excluding hydrogens is 348 g/mol. The van der Waals surface area contributed by atoms with Gasteiger partial charge in [-0.2, -0.15) is 0 Å².